The third-order valence-corrected chi connectivity index (χ3v) is 10.4. The van der Waals surface area contributed by atoms with Crippen molar-refractivity contribution < 1.29 is 41.7 Å². The standard InChI is InChI=1S/C25H40INO10S2/c1-2-3-4-5-6-7-8-9-10-11-12-13-14-15-16-17-23(28)27-25(29)21-18-20(38(32,33)34)19-22(39(35,36)37)24(21)26(30)31/h18-19H,2-17H2,1H3,(H,27,28,29)(H,32,33,34)(H,35,36,37). The van der Waals surface area contributed by atoms with Crippen LogP contribution in [-0.2, 0) is 31.2 Å². The first-order chi connectivity index (χ1) is 18.3. The summed E-state index contributed by atoms with van der Waals surface area (Å²) in [4.78, 5) is 22.3. The number of hydrogen-bond acceptors (Lipinski definition) is 8. The van der Waals surface area contributed by atoms with Gasteiger partial charge in [-0.15, -0.1) is 0 Å². The van der Waals surface area contributed by atoms with Gasteiger partial charge >= 0.3 is 19.8 Å². The van der Waals surface area contributed by atoms with E-state index in [9.17, 15) is 41.7 Å². The molecule has 0 aliphatic heterocycles. The Balaban J connectivity index is 2.48. The number of unbranched alkanes of at least 4 members (excludes halogenated alkanes) is 14. The van der Waals surface area contributed by atoms with Gasteiger partial charge in [0.1, 0.15) is 8.47 Å². The van der Waals surface area contributed by atoms with Crippen LogP contribution in [0.4, 0.5) is 0 Å². The summed E-state index contributed by atoms with van der Waals surface area (Å²) in [6.07, 6.45) is 17.0. The molecule has 0 aromatic heterocycles. The maximum atomic E-state index is 12.6. The molecule has 0 spiro atoms. The highest BCUT2D eigenvalue weighted by Gasteiger charge is 2.30. The van der Waals surface area contributed by atoms with Gasteiger partial charge in [-0.05, 0) is 18.6 Å². The summed E-state index contributed by atoms with van der Waals surface area (Å²) < 4.78 is 87.2. The van der Waals surface area contributed by atoms with Gasteiger partial charge in [0.25, 0.3) is 26.1 Å². The molecular formula is C25H40INO10S2. The van der Waals surface area contributed by atoms with Crippen molar-refractivity contribution in [3.05, 3.63) is 21.3 Å². The third-order valence-electron chi connectivity index (χ3n) is 6.25. The summed E-state index contributed by atoms with van der Waals surface area (Å²) in [5, 5.41) is 1.91. The average molecular weight is 706 g/mol. The second kappa shape index (κ2) is 18.0. The fourth-order valence-corrected chi connectivity index (χ4v) is 8.09. The quantitative estimate of drug-likeness (QED) is 0.0817. The summed E-state index contributed by atoms with van der Waals surface area (Å²) >= 11 is -4.82. The van der Waals surface area contributed by atoms with Crippen LogP contribution in [-0.4, -0.2) is 37.8 Å². The number of amides is 2. The summed E-state index contributed by atoms with van der Waals surface area (Å²) in [5.41, 5.74) is -0.974. The lowest BCUT2D eigenvalue weighted by Crippen LogP contribution is -2.31. The molecule has 0 bridgehead atoms. The molecule has 2 amide bonds. The number of carbonyl (C=O) groups is 2. The van der Waals surface area contributed by atoms with Crippen LogP contribution in [0.5, 0.6) is 0 Å². The van der Waals surface area contributed by atoms with Crippen LogP contribution >= 0.6 is 19.8 Å². The predicted octanol–water partition coefficient (Wildman–Crippen LogP) is 6.06. The van der Waals surface area contributed by atoms with E-state index < -0.39 is 70.8 Å². The molecule has 0 aliphatic rings. The molecule has 39 heavy (non-hydrogen) atoms. The molecule has 3 N–H and O–H groups in total. The zero-order valence-corrected chi connectivity index (χ0v) is 26.1. The monoisotopic (exact) mass is 705 g/mol. The Morgan fingerprint density at radius 1 is 0.718 bits per heavy atom. The van der Waals surface area contributed by atoms with Crippen LogP contribution < -0.4 is 5.32 Å². The van der Waals surface area contributed by atoms with E-state index in [1.165, 1.54) is 64.2 Å². The minimum Gasteiger partial charge on any atom is -0.292 e. The fraction of sp³-hybridized carbons (Fsp3) is 0.680. The van der Waals surface area contributed by atoms with Gasteiger partial charge in [0.05, 0.1) is 10.5 Å². The molecule has 224 valence electrons. The Hall–Kier alpha value is -1.49. The lowest BCUT2D eigenvalue weighted by molar-refractivity contribution is -0.120. The first kappa shape index (κ1) is 35.5. The van der Waals surface area contributed by atoms with Crippen molar-refractivity contribution in [2.45, 2.75) is 119 Å². The Bertz CT molecular complexity index is 1230. The highest BCUT2D eigenvalue weighted by molar-refractivity contribution is 14.2. The third kappa shape index (κ3) is 14.1. The molecule has 0 unspecified atom stereocenters. The highest BCUT2D eigenvalue weighted by Crippen LogP contribution is 2.32. The minimum atomic E-state index is -5.28. The molecule has 1 rings (SSSR count). The van der Waals surface area contributed by atoms with Crippen molar-refractivity contribution in [1.82, 2.24) is 5.32 Å². The molecule has 0 aliphatic carbocycles. The van der Waals surface area contributed by atoms with Crippen LogP contribution in [0.2, 0.25) is 0 Å². The first-order valence-corrected chi connectivity index (χ1v) is 19.0. The van der Waals surface area contributed by atoms with Crippen molar-refractivity contribution in [1.29, 1.82) is 0 Å². The van der Waals surface area contributed by atoms with Gasteiger partial charge in [0.2, 0.25) is 5.91 Å². The Morgan fingerprint density at radius 2 is 1.15 bits per heavy atom. The number of carbonyl (C=O) groups excluding carboxylic acids is 2. The Kier molecular flexibility index (Phi) is 16.4. The summed E-state index contributed by atoms with van der Waals surface area (Å²) in [6, 6.07) is 0.671. The summed E-state index contributed by atoms with van der Waals surface area (Å²) in [5.74, 6) is -2.12. The molecular weight excluding hydrogens is 665 g/mol. The van der Waals surface area contributed by atoms with Crippen LogP contribution in [0.15, 0.2) is 21.9 Å². The molecule has 1 aromatic carbocycles. The smallest absolute Gasteiger partial charge is 0.292 e. The molecule has 0 fully saturated rings. The van der Waals surface area contributed by atoms with E-state index >= 15 is 0 Å². The number of hydrogen-bond donors (Lipinski definition) is 3. The van der Waals surface area contributed by atoms with E-state index in [-0.39, 0.29) is 12.5 Å². The SMILES string of the molecule is CCCCCCCCCCCCCCCCCC(=O)NC(=O)c1cc(S(=O)(=O)O)cc(S(=O)(=O)O)c1I(=O)=O. The van der Waals surface area contributed by atoms with Crippen molar-refractivity contribution in [3.63, 3.8) is 0 Å². The van der Waals surface area contributed by atoms with E-state index in [1.807, 2.05) is 5.32 Å². The molecule has 1 aromatic rings. The van der Waals surface area contributed by atoms with E-state index in [0.29, 0.717) is 12.5 Å². The molecule has 0 saturated heterocycles. The van der Waals surface area contributed by atoms with Gasteiger partial charge < -0.3 is 0 Å². The maximum Gasteiger partial charge on any atom is 0.343 e. The molecule has 0 radical (unpaired) electrons. The molecule has 14 heteroatoms. The molecule has 0 saturated carbocycles. The van der Waals surface area contributed by atoms with Crippen LogP contribution in [0.1, 0.15) is 120 Å². The first-order valence-electron chi connectivity index (χ1n) is 13.3. The van der Waals surface area contributed by atoms with Gasteiger partial charge in [-0.3, -0.25) is 24.0 Å². The largest absolute Gasteiger partial charge is 0.343 e. The van der Waals surface area contributed by atoms with Crippen molar-refractivity contribution >= 4 is 51.8 Å². The van der Waals surface area contributed by atoms with E-state index in [1.54, 1.807) is 0 Å². The number of halogens is 1. The second-order valence-corrected chi connectivity index (χ2v) is 14.7. The lowest BCUT2D eigenvalue weighted by atomic mass is 10.0. The van der Waals surface area contributed by atoms with E-state index in [2.05, 4.69) is 6.92 Å². The van der Waals surface area contributed by atoms with Crippen LogP contribution in [0.3, 0.4) is 0 Å². The van der Waals surface area contributed by atoms with Gasteiger partial charge in [0, 0.05) is 6.42 Å². The van der Waals surface area contributed by atoms with Gasteiger partial charge in [0.15, 0.2) is 0 Å². The van der Waals surface area contributed by atoms with Crippen LogP contribution in [0.25, 0.3) is 0 Å². The fourth-order valence-electron chi connectivity index (χ4n) is 4.15. The van der Waals surface area contributed by atoms with Gasteiger partial charge in [-0.2, -0.15) is 16.8 Å². The number of benzene rings is 1. The minimum absolute atomic E-state index is 0.0560. The van der Waals surface area contributed by atoms with Gasteiger partial charge in [-0.25, -0.2) is 6.14 Å². The van der Waals surface area contributed by atoms with E-state index in [0.717, 1.165) is 25.7 Å². The number of nitrogens with one attached hydrogen (secondary N) is 1. The predicted molar refractivity (Wildman–Crippen MR) is 152 cm³/mol. The Morgan fingerprint density at radius 3 is 1.54 bits per heavy atom. The van der Waals surface area contributed by atoms with Crippen molar-refractivity contribution in [3.8, 4) is 0 Å². The molecule has 11 nitrogen and oxygen atoms in total. The number of imide groups is 1. The average Bonchev–Trinajstić information content (AvgIpc) is 2.84. The van der Waals surface area contributed by atoms with Gasteiger partial charge in [-0.1, -0.05) is 96.8 Å². The molecule has 0 atom stereocenters. The normalized spacial score (nSPS) is 12.1. The van der Waals surface area contributed by atoms with Crippen LogP contribution in [0, 0.1) is 3.57 Å². The molecule has 0 heterocycles. The Labute approximate surface area is 238 Å². The van der Waals surface area contributed by atoms with Crippen molar-refractivity contribution in [2.75, 3.05) is 0 Å². The maximum absolute atomic E-state index is 12.6. The zero-order valence-electron chi connectivity index (χ0n) is 22.3. The lowest BCUT2D eigenvalue weighted by Gasteiger charge is -2.10. The van der Waals surface area contributed by atoms with Crippen molar-refractivity contribution in [2.24, 2.45) is 0 Å². The second-order valence-electron chi connectivity index (χ2n) is 9.53. The zero-order chi connectivity index (χ0) is 29.5. The topological polar surface area (TPSA) is 189 Å². The summed E-state index contributed by atoms with van der Waals surface area (Å²) in [7, 11) is -10.4. The highest BCUT2D eigenvalue weighted by atomic mass is 127. The number of rotatable bonds is 20. The summed E-state index contributed by atoms with van der Waals surface area (Å²) in [6.45, 7) is 2.22. The van der Waals surface area contributed by atoms with E-state index in [4.69, 9.17) is 0 Å².